The van der Waals surface area contributed by atoms with E-state index in [4.69, 9.17) is 9.84 Å². The van der Waals surface area contributed by atoms with Gasteiger partial charge in [0.15, 0.2) is 0 Å². The zero-order valence-corrected chi connectivity index (χ0v) is 12.1. The van der Waals surface area contributed by atoms with Crippen molar-refractivity contribution in [2.24, 2.45) is 5.92 Å². The number of nitrogens with zero attached hydrogens (tertiary/aromatic N) is 2. The van der Waals surface area contributed by atoms with Gasteiger partial charge in [-0.3, -0.25) is 14.5 Å². The highest BCUT2D eigenvalue weighted by Crippen LogP contribution is 2.11. The van der Waals surface area contributed by atoms with Crippen LogP contribution < -0.4 is 0 Å². The third-order valence-electron chi connectivity index (χ3n) is 3.18. The Hall–Kier alpha value is -1.14. The molecule has 0 aromatic heterocycles. The number of carbonyl (C=O) groups excluding carboxylic acids is 1. The maximum absolute atomic E-state index is 12.1. The van der Waals surface area contributed by atoms with Crippen LogP contribution in [0, 0.1) is 5.92 Å². The largest absolute Gasteiger partial charge is 0.481 e. The smallest absolute Gasteiger partial charge is 0.307 e. The van der Waals surface area contributed by atoms with E-state index in [0.717, 1.165) is 0 Å². The SMILES string of the molecule is CC1CN(C(=O)CN(C)CC(C)C(=O)O)CC(C)O1. The normalized spacial score (nSPS) is 25.4. The molecular weight excluding hydrogens is 248 g/mol. The highest BCUT2D eigenvalue weighted by molar-refractivity contribution is 5.78. The minimum Gasteiger partial charge on any atom is -0.481 e. The Morgan fingerprint density at radius 2 is 1.89 bits per heavy atom. The van der Waals surface area contributed by atoms with Crippen molar-refractivity contribution in [3.8, 4) is 0 Å². The lowest BCUT2D eigenvalue weighted by Gasteiger charge is -2.36. The number of likely N-dealkylation sites (N-methyl/N-ethyl adjacent to an activating group) is 1. The van der Waals surface area contributed by atoms with E-state index in [-0.39, 0.29) is 24.7 Å². The van der Waals surface area contributed by atoms with Crippen LogP contribution in [0.5, 0.6) is 0 Å². The number of aliphatic carboxylic acids is 1. The minimum absolute atomic E-state index is 0.0297. The van der Waals surface area contributed by atoms with E-state index in [2.05, 4.69) is 0 Å². The molecule has 1 amide bonds. The van der Waals surface area contributed by atoms with Crippen LogP contribution in [0.1, 0.15) is 20.8 Å². The second-order valence-electron chi connectivity index (χ2n) is 5.49. The van der Waals surface area contributed by atoms with Gasteiger partial charge in [-0.05, 0) is 20.9 Å². The van der Waals surface area contributed by atoms with E-state index in [0.29, 0.717) is 19.6 Å². The first kappa shape index (κ1) is 15.9. The van der Waals surface area contributed by atoms with Gasteiger partial charge in [0.2, 0.25) is 5.91 Å². The van der Waals surface area contributed by atoms with Crippen LogP contribution in [-0.4, -0.2) is 72.2 Å². The van der Waals surface area contributed by atoms with Gasteiger partial charge < -0.3 is 14.7 Å². The molecule has 0 spiro atoms. The molecule has 0 aliphatic carbocycles. The summed E-state index contributed by atoms with van der Waals surface area (Å²) < 4.78 is 5.58. The van der Waals surface area contributed by atoms with Gasteiger partial charge in [0.1, 0.15) is 0 Å². The number of carboxylic acids is 1. The predicted octanol–water partition coefficient (Wildman–Crippen LogP) is 0.275. The van der Waals surface area contributed by atoms with Crippen molar-refractivity contribution in [2.75, 3.05) is 33.2 Å². The summed E-state index contributed by atoms with van der Waals surface area (Å²) in [5, 5.41) is 8.84. The van der Waals surface area contributed by atoms with Gasteiger partial charge in [-0.1, -0.05) is 6.92 Å². The molecule has 0 aromatic rings. The summed E-state index contributed by atoms with van der Waals surface area (Å²) in [6.45, 7) is 7.37. The molecule has 0 bridgehead atoms. The van der Waals surface area contributed by atoms with Crippen LogP contribution in [0.4, 0.5) is 0 Å². The molecule has 3 atom stereocenters. The van der Waals surface area contributed by atoms with E-state index in [1.807, 2.05) is 13.8 Å². The molecule has 1 aliphatic heterocycles. The molecule has 0 saturated carbocycles. The third kappa shape index (κ3) is 5.16. The Morgan fingerprint density at radius 3 is 2.37 bits per heavy atom. The minimum atomic E-state index is -0.840. The fourth-order valence-corrected chi connectivity index (χ4v) is 2.32. The molecule has 110 valence electrons. The quantitative estimate of drug-likeness (QED) is 0.778. The first-order valence-corrected chi connectivity index (χ1v) is 6.64. The van der Waals surface area contributed by atoms with Crippen LogP contribution >= 0.6 is 0 Å². The van der Waals surface area contributed by atoms with E-state index in [9.17, 15) is 9.59 Å². The van der Waals surface area contributed by atoms with Gasteiger partial charge in [0.25, 0.3) is 0 Å². The van der Waals surface area contributed by atoms with Gasteiger partial charge in [0.05, 0.1) is 24.7 Å². The maximum atomic E-state index is 12.1. The van der Waals surface area contributed by atoms with Gasteiger partial charge >= 0.3 is 5.97 Å². The van der Waals surface area contributed by atoms with Gasteiger partial charge in [-0.25, -0.2) is 0 Å². The van der Waals surface area contributed by atoms with Crippen molar-refractivity contribution < 1.29 is 19.4 Å². The molecule has 1 saturated heterocycles. The van der Waals surface area contributed by atoms with Crippen molar-refractivity contribution in [3.63, 3.8) is 0 Å². The number of hydrogen-bond donors (Lipinski definition) is 1. The highest BCUT2D eigenvalue weighted by atomic mass is 16.5. The van der Waals surface area contributed by atoms with E-state index in [1.165, 1.54) is 0 Å². The zero-order valence-electron chi connectivity index (χ0n) is 12.1. The standard InChI is InChI=1S/C13H24N2O4/c1-9(13(17)18)5-14(4)8-12(16)15-6-10(2)19-11(3)7-15/h9-11H,5-8H2,1-4H3,(H,17,18). The average molecular weight is 272 g/mol. The third-order valence-corrected chi connectivity index (χ3v) is 3.18. The van der Waals surface area contributed by atoms with Crippen molar-refractivity contribution >= 4 is 11.9 Å². The summed E-state index contributed by atoms with van der Waals surface area (Å²) in [5.41, 5.74) is 0. The molecule has 1 rings (SSSR count). The summed E-state index contributed by atoms with van der Waals surface area (Å²) in [5.74, 6) is -1.28. The highest BCUT2D eigenvalue weighted by Gasteiger charge is 2.26. The Kier molecular flexibility index (Phi) is 5.75. The molecule has 6 nitrogen and oxygen atoms in total. The van der Waals surface area contributed by atoms with Crippen LogP contribution in [0.25, 0.3) is 0 Å². The average Bonchev–Trinajstić information content (AvgIpc) is 2.26. The summed E-state index contributed by atoms with van der Waals surface area (Å²) in [6.07, 6.45) is 0.104. The van der Waals surface area contributed by atoms with Crippen molar-refractivity contribution in [2.45, 2.75) is 33.0 Å². The molecule has 0 radical (unpaired) electrons. The van der Waals surface area contributed by atoms with Gasteiger partial charge in [0, 0.05) is 19.6 Å². The zero-order chi connectivity index (χ0) is 14.6. The Labute approximate surface area is 114 Å². The van der Waals surface area contributed by atoms with E-state index >= 15 is 0 Å². The number of morpholine rings is 1. The second kappa shape index (κ2) is 6.86. The first-order valence-electron chi connectivity index (χ1n) is 6.64. The lowest BCUT2D eigenvalue weighted by Crippen LogP contribution is -2.51. The summed E-state index contributed by atoms with van der Waals surface area (Å²) in [6, 6.07) is 0. The molecule has 19 heavy (non-hydrogen) atoms. The lowest BCUT2D eigenvalue weighted by molar-refractivity contribution is -0.146. The Morgan fingerprint density at radius 1 is 1.37 bits per heavy atom. The topological polar surface area (TPSA) is 70.1 Å². The number of amides is 1. The number of carboxylic acid groups (broad SMARTS) is 1. The fraction of sp³-hybridized carbons (Fsp3) is 0.846. The monoisotopic (exact) mass is 272 g/mol. The molecule has 1 aliphatic rings. The number of hydrogen-bond acceptors (Lipinski definition) is 4. The number of rotatable bonds is 5. The molecular formula is C13H24N2O4. The molecule has 0 aromatic carbocycles. The van der Waals surface area contributed by atoms with E-state index < -0.39 is 11.9 Å². The summed E-state index contributed by atoms with van der Waals surface area (Å²) >= 11 is 0. The molecule has 3 unspecified atom stereocenters. The molecule has 1 N–H and O–H groups in total. The van der Waals surface area contributed by atoms with Gasteiger partial charge in [-0.15, -0.1) is 0 Å². The van der Waals surface area contributed by atoms with Crippen LogP contribution in [0.3, 0.4) is 0 Å². The number of ether oxygens (including phenoxy) is 1. The summed E-state index contributed by atoms with van der Waals surface area (Å²) in [4.78, 5) is 26.5. The van der Waals surface area contributed by atoms with Crippen molar-refractivity contribution in [1.29, 1.82) is 0 Å². The van der Waals surface area contributed by atoms with Gasteiger partial charge in [-0.2, -0.15) is 0 Å². The van der Waals surface area contributed by atoms with Crippen LogP contribution in [0.2, 0.25) is 0 Å². The first-order chi connectivity index (χ1) is 8.79. The van der Waals surface area contributed by atoms with E-state index in [1.54, 1.807) is 23.8 Å². The lowest BCUT2D eigenvalue weighted by atomic mass is 10.1. The van der Waals surface area contributed by atoms with Crippen molar-refractivity contribution in [3.05, 3.63) is 0 Å². The Bertz CT molecular complexity index is 325. The predicted molar refractivity (Wildman–Crippen MR) is 70.9 cm³/mol. The van der Waals surface area contributed by atoms with Crippen molar-refractivity contribution in [1.82, 2.24) is 9.80 Å². The molecule has 6 heteroatoms. The van der Waals surface area contributed by atoms with Crippen LogP contribution in [0.15, 0.2) is 0 Å². The summed E-state index contributed by atoms with van der Waals surface area (Å²) in [7, 11) is 1.77. The van der Waals surface area contributed by atoms with Crippen LogP contribution in [-0.2, 0) is 14.3 Å². The fourth-order valence-electron chi connectivity index (χ4n) is 2.32. The number of carbonyl (C=O) groups is 2. The molecule has 1 fully saturated rings. The maximum Gasteiger partial charge on any atom is 0.307 e. The molecule has 1 heterocycles. The second-order valence-corrected chi connectivity index (χ2v) is 5.49. The Balaban J connectivity index is 2.43.